The number of carbonyl (C=O) groups excluding carboxylic acids is 1. The van der Waals surface area contributed by atoms with Crippen LogP contribution in [0.15, 0.2) is 48.5 Å². The predicted molar refractivity (Wildman–Crippen MR) is 109 cm³/mol. The van der Waals surface area contributed by atoms with Crippen LogP contribution < -0.4 is 5.32 Å². The Balaban J connectivity index is 2.35. The number of benzene rings is 2. The van der Waals surface area contributed by atoms with Gasteiger partial charge >= 0.3 is 0 Å². The van der Waals surface area contributed by atoms with Crippen molar-refractivity contribution < 1.29 is 13.2 Å². The summed E-state index contributed by atoms with van der Waals surface area (Å²) in [6, 6.07) is 14.0. The van der Waals surface area contributed by atoms with Crippen LogP contribution >= 0.6 is 0 Å². The van der Waals surface area contributed by atoms with Crippen molar-refractivity contribution in [3.05, 3.63) is 70.8 Å². The molecule has 0 aliphatic heterocycles. The van der Waals surface area contributed by atoms with E-state index in [0.29, 0.717) is 12.0 Å². The Morgan fingerprint density at radius 3 is 2.19 bits per heavy atom. The number of nitrogens with one attached hydrogen (secondary N) is 1. The number of rotatable bonds is 7. The van der Waals surface area contributed by atoms with E-state index in [1.807, 2.05) is 39.0 Å². The summed E-state index contributed by atoms with van der Waals surface area (Å²) in [6.45, 7) is 6.08. The lowest BCUT2D eigenvalue weighted by molar-refractivity contribution is -0.125. The van der Waals surface area contributed by atoms with Gasteiger partial charge in [-0.2, -0.15) is 4.31 Å². The topological polar surface area (TPSA) is 66.5 Å². The molecule has 0 fully saturated rings. The number of carbonyl (C=O) groups is 1. The minimum Gasteiger partial charge on any atom is -0.348 e. The molecule has 1 amide bonds. The van der Waals surface area contributed by atoms with Crippen molar-refractivity contribution in [2.45, 2.75) is 39.3 Å². The van der Waals surface area contributed by atoms with Gasteiger partial charge in [-0.05, 0) is 42.5 Å². The van der Waals surface area contributed by atoms with Gasteiger partial charge < -0.3 is 5.32 Å². The van der Waals surface area contributed by atoms with Gasteiger partial charge in [0.15, 0.2) is 0 Å². The van der Waals surface area contributed by atoms with E-state index in [-0.39, 0.29) is 11.9 Å². The first-order valence-electron chi connectivity index (χ1n) is 9.00. The van der Waals surface area contributed by atoms with Crippen LogP contribution in [0.5, 0.6) is 0 Å². The Hall–Kier alpha value is -2.18. The maximum absolute atomic E-state index is 13.1. The van der Waals surface area contributed by atoms with Crippen LogP contribution in [-0.2, 0) is 14.8 Å². The average molecular weight is 389 g/mol. The quantitative estimate of drug-likeness (QED) is 0.789. The molecule has 0 heterocycles. The first kappa shape index (κ1) is 21.1. The van der Waals surface area contributed by atoms with E-state index in [1.165, 1.54) is 12.6 Å². The molecule has 6 heteroatoms. The number of aryl methyl sites for hydroxylation is 2. The predicted octanol–water partition coefficient (Wildman–Crippen LogP) is 3.50. The van der Waals surface area contributed by atoms with Crippen LogP contribution in [0.4, 0.5) is 0 Å². The molecule has 2 aromatic rings. The summed E-state index contributed by atoms with van der Waals surface area (Å²) >= 11 is 0. The molecule has 0 bridgehead atoms. The number of amides is 1. The molecule has 0 saturated heterocycles. The highest BCUT2D eigenvalue weighted by Gasteiger charge is 2.31. The highest BCUT2D eigenvalue weighted by Crippen LogP contribution is 2.25. The Labute approximate surface area is 162 Å². The molecule has 2 atom stereocenters. The van der Waals surface area contributed by atoms with Gasteiger partial charge in [-0.25, -0.2) is 8.42 Å². The summed E-state index contributed by atoms with van der Waals surface area (Å²) in [4.78, 5) is 13.1. The fourth-order valence-corrected chi connectivity index (χ4v) is 3.61. The van der Waals surface area contributed by atoms with Crippen LogP contribution in [0.1, 0.15) is 47.7 Å². The molecule has 146 valence electrons. The summed E-state index contributed by atoms with van der Waals surface area (Å²) in [5.41, 5.74) is 4.01. The van der Waals surface area contributed by atoms with Gasteiger partial charge in [0.05, 0.1) is 12.3 Å². The van der Waals surface area contributed by atoms with Crippen molar-refractivity contribution in [3.63, 3.8) is 0 Å². The Morgan fingerprint density at radius 1 is 1.04 bits per heavy atom. The Morgan fingerprint density at radius 2 is 1.67 bits per heavy atom. The zero-order valence-electron chi connectivity index (χ0n) is 16.6. The van der Waals surface area contributed by atoms with Crippen molar-refractivity contribution in [2.75, 3.05) is 13.3 Å². The van der Waals surface area contributed by atoms with E-state index in [0.717, 1.165) is 21.7 Å². The zero-order valence-corrected chi connectivity index (χ0v) is 17.4. The maximum Gasteiger partial charge on any atom is 0.243 e. The molecule has 0 saturated carbocycles. The van der Waals surface area contributed by atoms with E-state index in [1.54, 1.807) is 24.3 Å². The number of nitrogens with zero attached hydrogens (tertiary/aromatic N) is 1. The fraction of sp³-hybridized carbons (Fsp3) is 0.381. The molecular weight excluding hydrogens is 360 g/mol. The van der Waals surface area contributed by atoms with Gasteiger partial charge in [-0.15, -0.1) is 0 Å². The number of likely N-dealkylation sites (N-methyl/N-ethyl adjacent to an activating group) is 1. The van der Waals surface area contributed by atoms with Crippen molar-refractivity contribution in [1.29, 1.82) is 0 Å². The highest BCUT2D eigenvalue weighted by atomic mass is 32.2. The van der Waals surface area contributed by atoms with Crippen LogP contribution in [-0.4, -0.2) is 31.9 Å². The van der Waals surface area contributed by atoms with E-state index in [4.69, 9.17) is 0 Å². The summed E-state index contributed by atoms with van der Waals surface area (Å²) in [5.74, 6) is -0.334. The van der Waals surface area contributed by atoms with Crippen LogP contribution in [0.25, 0.3) is 0 Å². The third-order valence-electron chi connectivity index (χ3n) is 4.91. The Bertz CT molecular complexity index is 895. The lowest BCUT2D eigenvalue weighted by atomic mass is 9.98. The van der Waals surface area contributed by atoms with Gasteiger partial charge in [0.2, 0.25) is 15.9 Å². The maximum atomic E-state index is 13.1. The molecule has 0 aliphatic rings. The first-order chi connectivity index (χ1) is 12.6. The minimum absolute atomic E-state index is 0.184. The van der Waals surface area contributed by atoms with E-state index in [2.05, 4.69) is 11.4 Å². The van der Waals surface area contributed by atoms with Gasteiger partial charge in [0.25, 0.3) is 0 Å². The van der Waals surface area contributed by atoms with Crippen molar-refractivity contribution in [3.8, 4) is 0 Å². The van der Waals surface area contributed by atoms with E-state index >= 15 is 0 Å². The number of sulfonamides is 1. The molecule has 0 aromatic heterocycles. The number of hydrogen-bond donors (Lipinski definition) is 1. The summed E-state index contributed by atoms with van der Waals surface area (Å²) in [6.07, 6.45) is 1.81. The molecule has 0 unspecified atom stereocenters. The molecule has 2 aromatic carbocycles. The van der Waals surface area contributed by atoms with Gasteiger partial charge in [0.1, 0.15) is 6.04 Å². The molecule has 0 spiro atoms. The SMILES string of the molecule is CC[C@@H](NC(=O)[C@@H](c1ccccc1)N(C)S(C)(=O)=O)c1ccc(C)c(C)c1. The first-order valence-corrected chi connectivity index (χ1v) is 10.9. The van der Waals surface area contributed by atoms with Crippen molar-refractivity contribution >= 4 is 15.9 Å². The minimum atomic E-state index is -3.54. The fourth-order valence-electron chi connectivity index (χ4n) is 3.01. The molecule has 1 N–H and O–H groups in total. The normalized spacial score (nSPS) is 14.0. The van der Waals surface area contributed by atoms with Crippen molar-refractivity contribution in [2.24, 2.45) is 0 Å². The van der Waals surface area contributed by atoms with Crippen LogP contribution in [0, 0.1) is 13.8 Å². The van der Waals surface area contributed by atoms with E-state index < -0.39 is 16.1 Å². The second-order valence-electron chi connectivity index (χ2n) is 6.91. The summed E-state index contributed by atoms with van der Waals surface area (Å²) in [7, 11) is -2.11. The van der Waals surface area contributed by atoms with Crippen molar-refractivity contribution in [1.82, 2.24) is 9.62 Å². The molecule has 0 radical (unpaired) electrons. The summed E-state index contributed by atoms with van der Waals surface area (Å²) in [5, 5.41) is 3.04. The highest BCUT2D eigenvalue weighted by molar-refractivity contribution is 7.88. The van der Waals surface area contributed by atoms with Gasteiger partial charge in [0, 0.05) is 7.05 Å². The smallest absolute Gasteiger partial charge is 0.243 e. The van der Waals surface area contributed by atoms with Crippen LogP contribution in [0.2, 0.25) is 0 Å². The molecule has 5 nitrogen and oxygen atoms in total. The molecule has 0 aliphatic carbocycles. The third kappa shape index (κ3) is 5.17. The monoisotopic (exact) mass is 388 g/mol. The second-order valence-corrected chi connectivity index (χ2v) is 8.95. The number of hydrogen-bond acceptors (Lipinski definition) is 3. The zero-order chi connectivity index (χ0) is 20.2. The van der Waals surface area contributed by atoms with Crippen LogP contribution in [0.3, 0.4) is 0 Å². The molecule has 27 heavy (non-hydrogen) atoms. The largest absolute Gasteiger partial charge is 0.348 e. The lowest BCUT2D eigenvalue weighted by Gasteiger charge is -2.28. The van der Waals surface area contributed by atoms with Gasteiger partial charge in [-0.1, -0.05) is 55.5 Å². The second kappa shape index (κ2) is 8.67. The molecular formula is C21H28N2O3S. The third-order valence-corrected chi connectivity index (χ3v) is 6.17. The van der Waals surface area contributed by atoms with E-state index in [9.17, 15) is 13.2 Å². The van der Waals surface area contributed by atoms with Gasteiger partial charge in [-0.3, -0.25) is 4.79 Å². The molecule has 2 rings (SSSR count). The summed E-state index contributed by atoms with van der Waals surface area (Å²) < 4.78 is 25.3. The standard InChI is InChI=1S/C21H28N2O3S/c1-6-19(18-13-12-15(2)16(3)14-18)22-21(24)20(23(4)27(5,25)26)17-10-8-7-9-11-17/h7-14,19-20H,6H2,1-5H3,(H,22,24)/t19-,20-/m1/s1. The average Bonchev–Trinajstić information content (AvgIpc) is 2.62. The lowest BCUT2D eigenvalue weighted by Crippen LogP contribution is -2.42. The Kier molecular flexibility index (Phi) is 6.78.